The van der Waals surface area contributed by atoms with E-state index in [0.717, 1.165) is 25.1 Å². The maximum absolute atomic E-state index is 4.92. The smallest absolute Gasteiger partial charge is 0.200 e. The fraction of sp³-hybridized carbons (Fsp3) is 0.571. The minimum absolute atomic E-state index is 0.463. The van der Waals surface area contributed by atoms with Crippen LogP contribution in [0.5, 0.6) is 0 Å². The summed E-state index contributed by atoms with van der Waals surface area (Å²) in [6.07, 6.45) is 3.17. The van der Waals surface area contributed by atoms with Crippen molar-refractivity contribution in [2.24, 2.45) is 0 Å². The molecular formula is C7H11N3S2. The van der Waals surface area contributed by atoms with Crippen LogP contribution in [0.1, 0.15) is 25.6 Å². The first-order chi connectivity index (χ1) is 5.72. The van der Waals surface area contributed by atoms with Crippen LogP contribution in [0.25, 0.3) is 0 Å². The topological polar surface area (TPSA) is 44.5 Å². The van der Waals surface area contributed by atoms with E-state index in [1.165, 1.54) is 0 Å². The zero-order valence-electron chi connectivity index (χ0n) is 6.89. The number of unbranched alkanes of at least 4 members (excludes halogenated alkanes) is 1. The lowest BCUT2D eigenvalue weighted by atomic mass is 10.2. The molecule has 0 aliphatic rings. The molecule has 0 saturated heterocycles. The molecule has 0 aliphatic carbocycles. The Morgan fingerprint density at radius 3 is 2.67 bits per heavy atom. The number of aromatic amines is 2. The fourth-order valence-corrected chi connectivity index (χ4v) is 1.39. The molecule has 1 aromatic heterocycles. The van der Waals surface area contributed by atoms with Gasteiger partial charge in [-0.2, -0.15) is 0 Å². The average Bonchev–Trinajstić information content (AvgIpc) is 1.99. The van der Waals surface area contributed by atoms with E-state index >= 15 is 0 Å². The van der Waals surface area contributed by atoms with E-state index in [1.54, 1.807) is 0 Å². The standard InChI is InChI=1S/C7H11N3S2/c1-2-3-4-5-8-6(11)10-7(12)9-5/h2-4H2,1H3,(H2,8,9,10,11,12). The molecule has 5 heteroatoms. The summed E-state index contributed by atoms with van der Waals surface area (Å²) in [6.45, 7) is 2.14. The van der Waals surface area contributed by atoms with Crippen LogP contribution in [0, 0.1) is 9.54 Å². The number of aryl methyl sites for hydroxylation is 1. The first-order valence-electron chi connectivity index (χ1n) is 3.92. The molecule has 2 N–H and O–H groups in total. The number of hydrogen-bond acceptors (Lipinski definition) is 3. The first kappa shape index (κ1) is 9.54. The maximum Gasteiger partial charge on any atom is 0.200 e. The van der Waals surface area contributed by atoms with Gasteiger partial charge in [0.25, 0.3) is 0 Å². The second kappa shape index (κ2) is 4.47. The third-order valence-electron chi connectivity index (χ3n) is 1.48. The van der Waals surface area contributed by atoms with Crippen LogP contribution in [-0.2, 0) is 6.42 Å². The van der Waals surface area contributed by atoms with E-state index < -0.39 is 0 Å². The highest BCUT2D eigenvalue weighted by molar-refractivity contribution is 7.71. The van der Waals surface area contributed by atoms with Gasteiger partial charge in [0, 0.05) is 6.42 Å². The van der Waals surface area contributed by atoms with E-state index in [9.17, 15) is 0 Å². The fourth-order valence-electron chi connectivity index (χ4n) is 0.901. The van der Waals surface area contributed by atoms with Gasteiger partial charge in [-0.15, -0.1) is 0 Å². The van der Waals surface area contributed by atoms with E-state index in [1.807, 2.05) is 0 Å². The Kier molecular flexibility index (Phi) is 3.55. The zero-order valence-corrected chi connectivity index (χ0v) is 8.52. The second-order valence-electron chi connectivity index (χ2n) is 2.55. The van der Waals surface area contributed by atoms with Crippen LogP contribution >= 0.6 is 24.4 Å². The van der Waals surface area contributed by atoms with Gasteiger partial charge in [0.05, 0.1) is 0 Å². The number of hydrogen-bond donors (Lipinski definition) is 2. The van der Waals surface area contributed by atoms with Crippen molar-refractivity contribution >= 4 is 24.4 Å². The highest BCUT2D eigenvalue weighted by Crippen LogP contribution is 1.97. The Morgan fingerprint density at radius 1 is 1.33 bits per heavy atom. The molecule has 1 heterocycles. The van der Waals surface area contributed by atoms with E-state index in [2.05, 4.69) is 21.9 Å². The lowest BCUT2D eigenvalue weighted by molar-refractivity contribution is 0.738. The van der Waals surface area contributed by atoms with Crippen LogP contribution < -0.4 is 0 Å². The van der Waals surface area contributed by atoms with Crippen molar-refractivity contribution in [2.75, 3.05) is 0 Å². The SMILES string of the molecule is CCCCc1nc(=S)[nH]c(=S)[nH]1. The number of nitrogens with one attached hydrogen (secondary N) is 2. The van der Waals surface area contributed by atoms with Gasteiger partial charge in [-0.25, -0.2) is 4.98 Å². The molecule has 0 aliphatic heterocycles. The molecule has 1 rings (SSSR count). The number of nitrogens with zero attached hydrogens (tertiary/aromatic N) is 1. The van der Waals surface area contributed by atoms with Gasteiger partial charge in [0.15, 0.2) is 4.77 Å². The summed E-state index contributed by atoms with van der Waals surface area (Å²) in [4.78, 5) is 9.82. The van der Waals surface area contributed by atoms with E-state index in [0.29, 0.717) is 9.54 Å². The zero-order chi connectivity index (χ0) is 8.97. The van der Waals surface area contributed by atoms with Gasteiger partial charge < -0.3 is 9.97 Å². The molecule has 1 aromatic rings. The molecule has 0 saturated carbocycles. The summed E-state index contributed by atoms with van der Waals surface area (Å²) in [5.74, 6) is 0.880. The highest BCUT2D eigenvalue weighted by Gasteiger charge is 1.93. The van der Waals surface area contributed by atoms with E-state index in [4.69, 9.17) is 24.4 Å². The minimum atomic E-state index is 0.463. The summed E-state index contributed by atoms with van der Waals surface area (Å²) >= 11 is 9.80. The first-order valence-corrected chi connectivity index (χ1v) is 4.73. The lowest BCUT2D eigenvalue weighted by Crippen LogP contribution is -1.97. The van der Waals surface area contributed by atoms with Gasteiger partial charge in [-0.05, 0) is 30.9 Å². The number of H-pyrrole nitrogens is 2. The molecule has 0 radical (unpaired) electrons. The van der Waals surface area contributed by atoms with Crippen molar-refractivity contribution in [3.63, 3.8) is 0 Å². The average molecular weight is 201 g/mol. The molecule has 0 amide bonds. The van der Waals surface area contributed by atoms with Gasteiger partial charge in [0.1, 0.15) is 5.82 Å². The van der Waals surface area contributed by atoms with Gasteiger partial charge in [-0.3, -0.25) is 0 Å². The Labute approximate surface area is 81.3 Å². The Morgan fingerprint density at radius 2 is 2.08 bits per heavy atom. The molecule has 0 fully saturated rings. The van der Waals surface area contributed by atoms with Crippen LogP contribution in [0.2, 0.25) is 0 Å². The Balaban J connectivity index is 2.86. The minimum Gasteiger partial charge on any atom is -0.321 e. The highest BCUT2D eigenvalue weighted by atomic mass is 32.1. The molecule has 0 atom stereocenters. The van der Waals surface area contributed by atoms with Gasteiger partial charge >= 0.3 is 0 Å². The van der Waals surface area contributed by atoms with Crippen LogP contribution in [0.15, 0.2) is 0 Å². The third kappa shape index (κ3) is 2.83. The number of rotatable bonds is 3. The molecule has 12 heavy (non-hydrogen) atoms. The molecule has 0 bridgehead atoms. The van der Waals surface area contributed by atoms with Crippen molar-refractivity contribution < 1.29 is 0 Å². The van der Waals surface area contributed by atoms with Crippen molar-refractivity contribution in [3.8, 4) is 0 Å². The van der Waals surface area contributed by atoms with E-state index in [-0.39, 0.29) is 0 Å². The summed E-state index contributed by atoms with van der Waals surface area (Å²) in [7, 11) is 0. The Hall–Kier alpha value is -0.550. The predicted molar refractivity (Wildman–Crippen MR) is 53.2 cm³/mol. The summed E-state index contributed by atoms with van der Waals surface area (Å²) in [5, 5.41) is 0. The van der Waals surface area contributed by atoms with Crippen molar-refractivity contribution in [2.45, 2.75) is 26.2 Å². The Bertz CT molecular complexity index is 324. The molecule has 66 valence electrons. The molecule has 3 nitrogen and oxygen atoms in total. The van der Waals surface area contributed by atoms with Crippen LogP contribution in [0.3, 0.4) is 0 Å². The summed E-state index contributed by atoms with van der Waals surface area (Å²) < 4.78 is 1.02. The summed E-state index contributed by atoms with van der Waals surface area (Å²) in [6, 6.07) is 0. The van der Waals surface area contributed by atoms with Crippen molar-refractivity contribution in [1.29, 1.82) is 0 Å². The number of aromatic nitrogens is 3. The lowest BCUT2D eigenvalue weighted by Gasteiger charge is -1.97. The second-order valence-corrected chi connectivity index (χ2v) is 3.34. The predicted octanol–water partition coefficient (Wildman–Crippen LogP) is 2.54. The van der Waals surface area contributed by atoms with Crippen LogP contribution in [-0.4, -0.2) is 15.0 Å². The monoisotopic (exact) mass is 201 g/mol. The van der Waals surface area contributed by atoms with Crippen molar-refractivity contribution in [3.05, 3.63) is 15.4 Å². The maximum atomic E-state index is 4.92. The largest absolute Gasteiger partial charge is 0.321 e. The van der Waals surface area contributed by atoms with Gasteiger partial charge in [0.2, 0.25) is 4.77 Å². The molecular weight excluding hydrogens is 190 g/mol. The van der Waals surface area contributed by atoms with Crippen molar-refractivity contribution in [1.82, 2.24) is 15.0 Å². The van der Waals surface area contributed by atoms with Gasteiger partial charge in [-0.1, -0.05) is 13.3 Å². The molecule has 0 unspecified atom stereocenters. The third-order valence-corrected chi connectivity index (χ3v) is 1.88. The van der Waals surface area contributed by atoms with Crippen LogP contribution in [0.4, 0.5) is 0 Å². The molecule has 0 aromatic carbocycles. The normalized spacial score (nSPS) is 10.1. The quantitative estimate of drug-likeness (QED) is 0.739. The molecule has 0 spiro atoms. The summed E-state index contributed by atoms with van der Waals surface area (Å²) in [5.41, 5.74) is 0.